The number of aromatic nitrogens is 2. The first-order valence-corrected chi connectivity index (χ1v) is 10.3. The summed E-state index contributed by atoms with van der Waals surface area (Å²) in [5.74, 6) is -1.41. The van der Waals surface area contributed by atoms with Crippen LogP contribution in [-0.2, 0) is 16.0 Å². The Bertz CT molecular complexity index is 1070. The summed E-state index contributed by atoms with van der Waals surface area (Å²) in [6.07, 6.45) is 2.73. The number of amides is 1. The third-order valence-electron chi connectivity index (χ3n) is 4.81. The van der Waals surface area contributed by atoms with Gasteiger partial charge in [0, 0.05) is 17.3 Å². The van der Waals surface area contributed by atoms with Crippen LogP contribution in [0.1, 0.15) is 32.0 Å². The highest BCUT2D eigenvalue weighted by molar-refractivity contribution is 8.01. The predicted octanol–water partition coefficient (Wildman–Crippen LogP) is 3.97. The molecule has 0 radical (unpaired) electrons. The normalized spacial score (nSPS) is 11.6. The Hall–Kier alpha value is -2.80. The maximum atomic E-state index is 12.5. The van der Waals surface area contributed by atoms with Crippen molar-refractivity contribution in [1.82, 2.24) is 14.9 Å². The van der Waals surface area contributed by atoms with Crippen LogP contribution in [-0.4, -0.2) is 37.8 Å². The average molecular weight is 412 g/mol. The lowest BCUT2D eigenvalue weighted by Gasteiger charge is -2.23. The van der Waals surface area contributed by atoms with E-state index >= 15 is 0 Å². The Morgan fingerprint density at radius 2 is 1.86 bits per heavy atom. The third-order valence-corrected chi connectivity index (χ3v) is 5.98. The monoisotopic (exact) mass is 411 g/mol. The molecule has 3 rings (SSSR count). The molecule has 3 aromatic rings. The van der Waals surface area contributed by atoms with E-state index in [1.54, 1.807) is 20.0 Å². The highest BCUT2D eigenvalue weighted by Gasteiger charge is 2.31. The van der Waals surface area contributed by atoms with Crippen LogP contribution in [0.5, 0.6) is 0 Å². The van der Waals surface area contributed by atoms with Gasteiger partial charge in [0.1, 0.15) is 6.54 Å². The summed E-state index contributed by atoms with van der Waals surface area (Å²) < 4.78 is 1.17. The number of aliphatic carboxylic acids is 1. The first kappa shape index (κ1) is 20.9. The number of thioether (sulfide) groups is 1. The molecule has 2 aromatic carbocycles. The summed E-state index contributed by atoms with van der Waals surface area (Å²) in [6.45, 7) is 7.25. The van der Waals surface area contributed by atoms with E-state index < -0.39 is 17.3 Å². The van der Waals surface area contributed by atoms with Crippen molar-refractivity contribution in [2.45, 2.75) is 44.0 Å². The van der Waals surface area contributed by atoms with Crippen molar-refractivity contribution in [2.24, 2.45) is 0 Å². The minimum Gasteiger partial charge on any atom is -0.480 e. The first-order chi connectivity index (χ1) is 13.7. The average Bonchev–Trinajstić information content (AvgIpc) is 3.04. The standard InChI is InChI=1S/C22H25N3O3S/c1-5-15-10-11-18(17-9-7-6-8-16(15)17)25-14(2)12-24-21(25)29-22(3,4)20(28)23-13-19(26)27/h6-12H,5,13H2,1-4H3,(H,23,28)(H,26,27). The van der Waals surface area contributed by atoms with Gasteiger partial charge in [0.05, 0.1) is 10.4 Å². The van der Waals surface area contributed by atoms with Gasteiger partial charge in [-0.1, -0.05) is 49.0 Å². The predicted molar refractivity (Wildman–Crippen MR) is 116 cm³/mol. The summed E-state index contributed by atoms with van der Waals surface area (Å²) in [4.78, 5) is 27.8. The molecule has 0 unspecified atom stereocenters. The lowest BCUT2D eigenvalue weighted by atomic mass is 10.0. The van der Waals surface area contributed by atoms with Crippen molar-refractivity contribution in [2.75, 3.05) is 6.54 Å². The number of carbonyl (C=O) groups excluding carboxylic acids is 1. The van der Waals surface area contributed by atoms with Gasteiger partial charge < -0.3 is 10.4 Å². The van der Waals surface area contributed by atoms with Crippen LogP contribution in [0.3, 0.4) is 0 Å². The van der Waals surface area contributed by atoms with Gasteiger partial charge in [-0.15, -0.1) is 0 Å². The Labute approximate surface area is 174 Å². The quantitative estimate of drug-likeness (QED) is 0.575. The highest BCUT2D eigenvalue weighted by atomic mass is 32.2. The fraction of sp³-hybridized carbons (Fsp3) is 0.318. The van der Waals surface area contributed by atoms with E-state index in [4.69, 9.17) is 5.11 Å². The van der Waals surface area contributed by atoms with Crippen molar-refractivity contribution >= 4 is 34.4 Å². The van der Waals surface area contributed by atoms with Gasteiger partial charge in [-0.2, -0.15) is 0 Å². The molecule has 0 aliphatic rings. The van der Waals surface area contributed by atoms with E-state index in [2.05, 4.69) is 46.1 Å². The molecule has 29 heavy (non-hydrogen) atoms. The van der Waals surface area contributed by atoms with Crippen molar-refractivity contribution in [3.63, 3.8) is 0 Å². The Kier molecular flexibility index (Phi) is 5.98. The van der Waals surface area contributed by atoms with E-state index in [0.717, 1.165) is 23.2 Å². The van der Waals surface area contributed by atoms with Crippen LogP contribution < -0.4 is 5.32 Å². The second-order valence-corrected chi connectivity index (χ2v) is 8.94. The zero-order chi connectivity index (χ0) is 21.2. The number of imidazole rings is 1. The Balaban J connectivity index is 2.02. The minimum absolute atomic E-state index is 0.344. The molecule has 0 saturated carbocycles. The van der Waals surface area contributed by atoms with Gasteiger partial charge in [0.15, 0.2) is 5.16 Å². The van der Waals surface area contributed by atoms with Crippen LogP contribution in [0.15, 0.2) is 47.8 Å². The molecule has 2 N–H and O–H groups in total. The number of aryl methyl sites for hydroxylation is 2. The van der Waals surface area contributed by atoms with Crippen molar-refractivity contribution in [3.05, 3.63) is 53.9 Å². The summed E-state index contributed by atoms with van der Waals surface area (Å²) >= 11 is 1.31. The van der Waals surface area contributed by atoms with Gasteiger partial charge in [0.2, 0.25) is 5.91 Å². The molecule has 0 atom stereocenters. The molecule has 152 valence electrons. The van der Waals surface area contributed by atoms with Crippen molar-refractivity contribution in [3.8, 4) is 5.69 Å². The maximum Gasteiger partial charge on any atom is 0.322 e. The molecule has 0 fully saturated rings. The Morgan fingerprint density at radius 1 is 1.17 bits per heavy atom. The number of carbonyl (C=O) groups is 2. The molecular weight excluding hydrogens is 386 g/mol. The third kappa shape index (κ3) is 4.29. The SMILES string of the molecule is CCc1ccc(-n2c(C)cnc2SC(C)(C)C(=O)NCC(=O)O)c2ccccc12. The zero-order valence-corrected chi connectivity index (χ0v) is 17.8. The topological polar surface area (TPSA) is 84.2 Å². The molecule has 0 aliphatic carbocycles. The second-order valence-electron chi connectivity index (χ2n) is 7.35. The van der Waals surface area contributed by atoms with E-state index in [0.29, 0.717) is 5.16 Å². The van der Waals surface area contributed by atoms with E-state index in [1.807, 2.05) is 19.1 Å². The number of carboxylic acid groups (broad SMARTS) is 1. The van der Waals surface area contributed by atoms with E-state index in [9.17, 15) is 9.59 Å². The van der Waals surface area contributed by atoms with Gasteiger partial charge >= 0.3 is 5.97 Å². The van der Waals surface area contributed by atoms with Crippen LogP contribution in [0, 0.1) is 6.92 Å². The summed E-state index contributed by atoms with van der Waals surface area (Å²) in [6, 6.07) is 12.5. The van der Waals surface area contributed by atoms with Crippen molar-refractivity contribution in [1.29, 1.82) is 0 Å². The van der Waals surface area contributed by atoms with Gasteiger partial charge in [-0.25, -0.2) is 4.98 Å². The number of rotatable bonds is 7. The smallest absolute Gasteiger partial charge is 0.322 e. The van der Waals surface area contributed by atoms with Crippen molar-refractivity contribution < 1.29 is 14.7 Å². The lowest BCUT2D eigenvalue weighted by molar-refractivity contribution is -0.138. The fourth-order valence-corrected chi connectivity index (χ4v) is 4.33. The van der Waals surface area contributed by atoms with E-state index in [1.165, 1.54) is 22.7 Å². The maximum absolute atomic E-state index is 12.5. The number of fused-ring (bicyclic) bond motifs is 1. The number of nitrogens with zero attached hydrogens (tertiary/aromatic N) is 2. The number of hydrogen-bond acceptors (Lipinski definition) is 4. The van der Waals surface area contributed by atoms with Gasteiger partial charge in [-0.05, 0) is 44.2 Å². The molecule has 1 aromatic heterocycles. The molecular formula is C22H25N3O3S. The number of carboxylic acids is 1. The number of nitrogens with one attached hydrogen (secondary N) is 1. The van der Waals surface area contributed by atoms with Crippen LogP contribution in [0.25, 0.3) is 16.5 Å². The van der Waals surface area contributed by atoms with Crippen LogP contribution >= 0.6 is 11.8 Å². The molecule has 6 nitrogen and oxygen atoms in total. The fourth-order valence-electron chi connectivity index (χ4n) is 3.27. The molecule has 0 saturated heterocycles. The second kappa shape index (κ2) is 8.29. The molecule has 0 aliphatic heterocycles. The van der Waals surface area contributed by atoms with Crippen LogP contribution in [0.4, 0.5) is 0 Å². The van der Waals surface area contributed by atoms with Crippen LogP contribution in [0.2, 0.25) is 0 Å². The molecule has 0 spiro atoms. The lowest BCUT2D eigenvalue weighted by Crippen LogP contribution is -2.42. The Morgan fingerprint density at radius 3 is 2.52 bits per heavy atom. The summed E-state index contributed by atoms with van der Waals surface area (Å²) in [7, 11) is 0. The summed E-state index contributed by atoms with van der Waals surface area (Å²) in [5, 5.41) is 14.3. The number of benzene rings is 2. The largest absolute Gasteiger partial charge is 0.480 e. The molecule has 0 bridgehead atoms. The minimum atomic E-state index is -1.07. The molecule has 1 amide bonds. The zero-order valence-electron chi connectivity index (χ0n) is 17.0. The van der Waals surface area contributed by atoms with Gasteiger partial charge in [-0.3, -0.25) is 14.2 Å². The van der Waals surface area contributed by atoms with Gasteiger partial charge in [0.25, 0.3) is 0 Å². The molecule has 7 heteroatoms. The number of hydrogen-bond donors (Lipinski definition) is 2. The summed E-state index contributed by atoms with van der Waals surface area (Å²) in [5.41, 5.74) is 3.25. The first-order valence-electron chi connectivity index (χ1n) is 9.49. The highest BCUT2D eigenvalue weighted by Crippen LogP contribution is 2.36. The van der Waals surface area contributed by atoms with E-state index in [-0.39, 0.29) is 5.91 Å². The molecule has 1 heterocycles.